The molecule has 2 aliphatic heterocycles. The number of piperidine rings is 1. The second kappa shape index (κ2) is 7.58. The summed E-state index contributed by atoms with van der Waals surface area (Å²) in [4.78, 5) is 2.56. The fraction of sp³-hybridized carbons (Fsp3) is 0.684. The maximum absolute atomic E-state index is 6.00. The van der Waals surface area contributed by atoms with Crippen molar-refractivity contribution in [3.8, 4) is 0 Å². The van der Waals surface area contributed by atoms with E-state index in [0.29, 0.717) is 12.0 Å². The van der Waals surface area contributed by atoms with Crippen molar-refractivity contribution in [1.82, 2.24) is 10.2 Å². The van der Waals surface area contributed by atoms with Gasteiger partial charge in [-0.25, -0.2) is 0 Å². The molecule has 2 aliphatic rings. The van der Waals surface area contributed by atoms with Gasteiger partial charge in [0.1, 0.15) is 0 Å². The van der Waals surface area contributed by atoms with Crippen LogP contribution in [0.25, 0.3) is 0 Å². The first-order chi connectivity index (χ1) is 10.8. The predicted octanol–water partition coefficient (Wildman–Crippen LogP) is 3.08. The van der Waals surface area contributed by atoms with E-state index < -0.39 is 0 Å². The number of nitrogens with one attached hydrogen (secondary N) is 1. The van der Waals surface area contributed by atoms with Crippen molar-refractivity contribution >= 4 is 0 Å². The Morgan fingerprint density at radius 2 is 2.05 bits per heavy atom. The number of benzene rings is 1. The van der Waals surface area contributed by atoms with Crippen LogP contribution >= 0.6 is 0 Å². The molecule has 1 aromatic rings. The second-order valence-corrected chi connectivity index (χ2v) is 6.92. The smallest absolute Gasteiger partial charge is 0.0866 e. The van der Waals surface area contributed by atoms with E-state index in [2.05, 4.69) is 54.4 Å². The van der Waals surface area contributed by atoms with Gasteiger partial charge in [-0.2, -0.15) is 0 Å². The molecule has 3 rings (SSSR count). The van der Waals surface area contributed by atoms with Crippen LogP contribution in [0.2, 0.25) is 0 Å². The Hall–Kier alpha value is -0.900. The standard InChI is InChI=1S/C19H30N2O/c1-3-21-11-9-18(15(2)14-21)20-13-17-10-12-22-19(17)16-7-5-4-6-8-16/h4-8,15,17-20H,3,9-14H2,1-2H3/t15-,17+,18-,19+/m0/s1. The van der Waals surface area contributed by atoms with Crippen LogP contribution in [-0.4, -0.2) is 43.7 Å². The lowest BCUT2D eigenvalue weighted by Gasteiger charge is -2.37. The highest BCUT2D eigenvalue weighted by Gasteiger charge is 2.31. The third kappa shape index (κ3) is 3.70. The summed E-state index contributed by atoms with van der Waals surface area (Å²) < 4.78 is 6.00. The van der Waals surface area contributed by atoms with Gasteiger partial charge < -0.3 is 15.0 Å². The lowest BCUT2D eigenvalue weighted by atomic mass is 9.91. The first kappa shape index (κ1) is 16.0. The third-order valence-corrected chi connectivity index (χ3v) is 5.42. The summed E-state index contributed by atoms with van der Waals surface area (Å²) in [5, 5.41) is 3.85. The van der Waals surface area contributed by atoms with Crippen LogP contribution in [0.1, 0.15) is 38.4 Å². The van der Waals surface area contributed by atoms with E-state index in [4.69, 9.17) is 4.74 Å². The Bertz CT molecular complexity index is 450. The second-order valence-electron chi connectivity index (χ2n) is 6.92. The van der Waals surface area contributed by atoms with Crippen molar-refractivity contribution in [2.45, 2.75) is 38.8 Å². The molecule has 0 bridgehead atoms. The summed E-state index contributed by atoms with van der Waals surface area (Å²) in [7, 11) is 0. The summed E-state index contributed by atoms with van der Waals surface area (Å²) >= 11 is 0. The van der Waals surface area contributed by atoms with Gasteiger partial charge in [0.05, 0.1) is 6.10 Å². The molecular weight excluding hydrogens is 272 g/mol. The molecule has 4 atom stereocenters. The number of nitrogens with zero attached hydrogens (tertiary/aromatic N) is 1. The topological polar surface area (TPSA) is 24.5 Å². The molecule has 2 heterocycles. The lowest BCUT2D eigenvalue weighted by Crippen LogP contribution is -2.49. The van der Waals surface area contributed by atoms with E-state index in [0.717, 1.165) is 19.1 Å². The molecule has 0 amide bonds. The minimum Gasteiger partial charge on any atom is -0.373 e. The summed E-state index contributed by atoms with van der Waals surface area (Å²) in [5.41, 5.74) is 1.33. The Balaban J connectivity index is 1.53. The zero-order chi connectivity index (χ0) is 15.4. The van der Waals surface area contributed by atoms with Gasteiger partial charge in [-0.15, -0.1) is 0 Å². The van der Waals surface area contributed by atoms with Crippen LogP contribution in [0.15, 0.2) is 30.3 Å². The van der Waals surface area contributed by atoms with Gasteiger partial charge in [-0.1, -0.05) is 44.2 Å². The van der Waals surface area contributed by atoms with Gasteiger partial charge in [0, 0.05) is 31.7 Å². The number of likely N-dealkylation sites (tertiary alicyclic amines) is 1. The largest absolute Gasteiger partial charge is 0.373 e. The van der Waals surface area contributed by atoms with Crippen LogP contribution in [0.3, 0.4) is 0 Å². The lowest BCUT2D eigenvalue weighted by molar-refractivity contribution is 0.0864. The summed E-state index contributed by atoms with van der Waals surface area (Å²) in [5.74, 6) is 1.35. The number of rotatable bonds is 5. The van der Waals surface area contributed by atoms with Gasteiger partial charge in [-0.3, -0.25) is 0 Å². The predicted molar refractivity (Wildman–Crippen MR) is 90.9 cm³/mol. The molecule has 0 aliphatic carbocycles. The summed E-state index contributed by atoms with van der Waals surface area (Å²) in [6.07, 6.45) is 2.73. The van der Waals surface area contributed by atoms with Crippen molar-refractivity contribution < 1.29 is 4.74 Å². The molecule has 0 unspecified atom stereocenters. The monoisotopic (exact) mass is 302 g/mol. The van der Waals surface area contributed by atoms with Crippen molar-refractivity contribution in [3.63, 3.8) is 0 Å². The fourth-order valence-electron chi connectivity index (χ4n) is 3.98. The van der Waals surface area contributed by atoms with Gasteiger partial charge in [0.2, 0.25) is 0 Å². The molecule has 122 valence electrons. The van der Waals surface area contributed by atoms with Crippen molar-refractivity contribution in [2.75, 3.05) is 32.8 Å². The number of hydrogen-bond acceptors (Lipinski definition) is 3. The molecule has 0 spiro atoms. The van der Waals surface area contributed by atoms with Crippen LogP contribution in [0.5, 0.6) is 0 Å². The number of hydrogen-bond donors (Lipinski definition) is 1. The number of ether oxygens (including phenoxy) is 1. The maximum atomic E-state index is 6.00. The fourth-order valence-corrected chi connectivity index (χ4v) is 3.98. The molecular formula is C19H30N2O. The Morgan fingerprint density at radius 3 is 2.77 bits per heavy atom. The van der Waals surface area contributed by atoms with Crippen molar-refractivity contribution in [3.05, 3.63) is 35.9 Å². The van der Waals surface area contributed by atoms with Crippen LogP contribution < -0.4 is 5.32 Å². The van der Waals surface area contributed by atoms with E-state index in [1.807, 2.05) is 0 Å². The first-order valence-electron chi connectivity index (χ1n) is 8.90. The molecule has 1 N–H and O–H groups in total. The summed E-state index contributed by atoms with van der Waals surface area (Å²) in [6.45, 7) is 10.3. The molecule has 1 aromatic carbocycles. The van der Waals surface area contributed by atoms with Crippen LogP contribution in [0.4, 0.5) is 0 Å². The van der Waals surface area contributed by atoms with Crippen molar-refractivity contribution in [2.24, 2.45) is 11.8 Å². The van der Waals surface area contributed by atoms with Crippen LogP contribution in [-0.2, 0) is 4.74 Å². The maximum Gasteiger partial charge on any atom is 0.0866 e. The zero-order valence-corrected chi connectivity index (χ0v) is 14.0. The van der Waals surface area contributed by atoms with E-state index in [-0.39, 0.29) is 6.10 Å². The van der Waals surface area contributed by atoms with E-state index >= 15 is 0 Å². The Kier molecular flexibility index (Phi) is 5.51. The average Bonchev–Trinajstić information content (AvgIpc) is 3.03. The SMILES string of the molecule is CCN1CC[C@H](NC[C@H]2CCO[C@@H]2c2ccccc2)[C@@H](C)C1. The first-order valence-corrected chi connectivity index (χ1v) is 8.90. The molecule has 0 radical (unpaired) electrons. The highest BCUT2D eigenvalue weighted by atomic mass is 16.5. The average molecular weight is 302 g/mol. The van der Waals surface area contributed by atoms with Gasteiger partial charge in [0.15, 0.2) is 0 Å². The molecule has 0 aromatic heterocycles. The highest BCUT2D eigenvalue weighted by Crippen LogP contribution is 2.34. The van der Waals surface area contributed by atoms with E-state index in [1.54, 1.807) is 0 Å². The minimum atomic E-state index is 0.278. The summed E-state index contributed by atoms with van der Waals surface area (Å²) in [6, 6.07) is 11.4. The third-order valence-electron chi connectivity index (χ3n) is 5.42. The van der Waals surface area contributed by atoms with Crippen molar-refractivity contribution in [1.29, 1.82) is 0 Å². The molecule has 0 saturated carbocycles. The van der Waals surface area contributed by atoms with Gasteiger partial charge >= 0.3 is 0 Å². The molecule has 3 heteroatoms. The van der Waals surface area contributed by atoms with E-state index in [9.17, 15) is 0 Å². The minimum absolute atomic E-state index is 0.278. The Labute approximate surface area is 135 Å². The zero-order valence-electron chi connectivity index (χ0n) is 14.0. The Morgan fingerprint density at radius 1 is 1.23 bits per heavy atom. The van der Waals surface area contributed by atoms with Crippen LogP contribution in [0, 0.1) is 11.8 Å². The molecule has 22 heavy (non-hydrogen) atoms. The molecule has 2 saturated heterocycles. The normalized spacial score (nSPS) is 33.2. The van der Waals surface area contributed by atoms with Gasteiger partial charge in [0.25, 0.3) is 0 Å². The molecule has 2 fully saturated rings. The quantitative estimate of drug-likeness (QED) is 0.904. The highest BCUT2D eigenvalue weighted by molar-refractivity contribution is 5.19. The van der Waals surface area contributed by atoms with Gasteiger partial charge in [-0.05, 0) is 37.4 Å². The molecule has 3 nitrogen and oxygen atoms in total. The van der Waals surface area contributed by atoms with E-state index in [1.165, 1.54) is 38.0 Å².